The predicted molar refractivity (Wildman–Crippen MR) is 110 cm³/mol. The molecule has 2 rings (SSSR count). The summed E-state index contributed by atoms with van der Waals surface area (Å²) in [5.41, 5.74) is 5.71. The standard InChI is InChI=1S/C20H21ClN4/c1-13(2)17-12-24-20(11-18(17)22-4)19(23-5)10-14(3)25-16-8-6-15(21)7-9-16/h6-12,25H,1,3,5H2,2,4H3,(H,22,24)/b19-10-. The maximum Gasteiger partial charge on any atom is 0.0907 e. The second kappa shape index (κ2) is 8.31. The molecule has 0 saturated heterocycles. The molecule has 1 aromatic carbocycles. The predicted octanol–water partition coefficient (Wildman–Crippen LogP) is 5.48. The van der Waals surface area contributed by atoms with Crippen molar-refractivity contribution in [1.29, 1.82) is 0 Å². The fraction of sp³-hybridized carbons (Fsp3) is 0.100. The van der Waals surface area contributed by atoms with Gasteiger partial charge in [0.2, 0.25) is 0 Å². The SMILES string of the molecule is C=N/C(=C\C(=C)Nc1ccc(Cl)cc1)c1cc(NC)c(C(=C)C)cn1. The van der Waals surface area contributed by atoms with Crippen LogP contribution in [0.4, 0.5) is 11.4 Å². The Bertz CT molecular complexity index is 835. The van der Waals surface area contributed by atoms with E-state index in [1.54, 1.807) is 12.3 Å². The minimum absolute atomic E-state index is 0.622. The molecule has 0 aliphatic carbocycles. The van der Waals surface area contributed by atoms with E-state index in [1.807, 2.05) is 44.3 Å². The van der Waals surface area contributed by atoms with Gasteiger partial charge in [0, 0.05) is 40.9 Å². The maximum atomic E-state index is 5.89. The van der Waals surface area contributed by atoms with Crippen molar-refractivity contribution in [2.45, 2.75) is 6.92 Å². The summed E-state index contributed by atoms with van der Waals surface area (Å²) in [6.45, 7) is 13.6. The maximum absolute atomic E-state index is 5.89. The molecular weight excluding hydrogens is 332 g/mol. The number of pyridine rings is 1. The number of anilines is 2. The first-order valence-corrected chi connectivity index (χ1v) is 8.06. The third kappa shape index (κ3) is 4.81. The van der Waals surface area contributed by atoms with Crippen molar-refractivity contribution < 1.29 is 0 Å². The number of aromatic nitrogens is 1. The summed E-state index contributed by atoms with van der Waals surface area (Å²) >= 11 is 5.89. The molecule has 0 atom stereocenters. The van der Waals surface area contributed by atoms with Gasteiger partial charge in [-0.15, -0.1) is 0 Å². The Labute approximate surface area is 153 Å². The lowest BCUT2D eigenvalue weighted by atomic mass is 10.1. The van der Waals surface area contributed by atoms with Crippen molar-refractivity contribution in [3.63, 3.8) is 0 Å². The van der Waals surface area contributed by atoms with E-state index >= 15 is 0 Å². The molecule has 0 radical (unpaired) electrons. The number of benzene rings is 1. The van der Waals surface area contributed by atoms with Gasteiger partial charge in [-0.25, -0.2) is 0 Å². The number of allylic oxidation sites excluding steroid dienone is 2. The van der Waals surface area contributed by atoms with E-state index in [0.717, 1.165) is 22.5 Å². The summed E-state index contributed by atoms with van der Waals surface area (Å²) in [4.78, 5) is 8.54. The van der Waals surface area contributed by atoms with Crippen molar-refractivity contribution >= 4 is 41.0 Å². The van der Waals surface area contributed by atoms with E-state index in [1.165, 1.54) is 0 Å². The first-order chi connectivity index (χ1) is 11.9. The van der Waals surface area contributed by atoms with Crippen LogP contribution in [0.15, 0.2) is 66.5 Å². The van der Waals surface area contributed by atoms with Gasteiger partial charge in [-0.05, 0) is 55.6 Å². The van der Waals surface area contributed by atoms with E-state index < -0.39 is 0 Å². The number of halogens is 1. The van der Waals surface area contributed by atoms with Crippen LogP contribution in [0, 0.1) is 0 Å². The van der Waals surface area contributed by atoms with Crippen molar-refractivity contribution in [2.75, 3.05) is 17.7 Å². The van der Waals surface area contributed by atoms with Crippen molar-refractivity contribution in [3.8, 4) is 0 Å². The number of nitrogens with one attached hydrogen (secondary N) is 2. The molecule has 0 unspecified atom stereocenters. The van der Waals surface area contributed by atoms with Gasteiger partial charge in [-0.3, -0.25) is 9.98 Å². The molecule has 0 saturated carbocycles. The van der Waals surface area contributed by atoms with Crippen LogP contribution in [0.25, 0.3) is 11.3 Å². The molecule has 128 valence electrons. The Morgan fingerprint density at radius 3 is 2.48 bits per heavy atom. The second-order valence-corrected chi connectivity index (χ2v) is 5.93. The van der Waals surface area contributed by atoms with Crippen LogP contribution >= 0.6 is 11.6 Å². The van der Waals surface area contributed by atoms with E-state index in [2.05, 4.69) is 40.5 Å². The average Bonchev–Trinajstić information content (AvgIpc) is 2.61. The molecule has 0 fully saturated rings. The zero-order chi connectivity index (χ0) is 18.4. The molecule has 0 aliphatic heterocycles. The van der Waals surface area contributed by atoms with Gasteiger partial charge in [0.05, 0.1) is 11.4 Å². The Balaban J connectivity index is 2.27. The van der Waals surface area contributed by atoms with Gasteiger partial charge in [0.25, 0.3) is 0 Å². The summed E-state index contributed by atoms with van der Waals surface area (Å²) in [5.74, 6) is 0. The Morgan fingerprint density at radius 2 is 1.92 bits per heavy atom. The number of rotatable bonds is 7. The summed E-state index contributed by atoms with van der Waals surface area (Å²) in [7, 11) is 1.86. The van der Waals surface area contributed by atoms with Crippen LogP contribution in [-0.2, 0) is 0 Å². The van der Waals surface area contributed by atoms with Gasteiger partial charge >= 0.3 is 0 Å². The molecular formula is C20H21ClN4. The van der Waals surface area contributed by atoms with Crippen LogP contribution in [0.1, 0.15) is 18.2 Å². The molecule has 0 aliphatic rings. The molecule has 0 bridgehead atoms. The summed E-state index contributed by atoms with van der Waals surface area (Å²) < 4.78 is 0. The molecule has 25 heavy (non-hydrogen) atoms. The van der Waals surface area contributed by atoms with Crippen LogP contribution in [0.3, 0.4) is 0 Å². The molecule has 4 nitrogen and oxygen atoms in total. The largest absolute Gasteiger partial charge is 0.388 e. The van der Waals surface area contributed by atoms with E-state index in [4.69, 9.17) is 11.6 Å². The van der Waals surface area contributed by atoms with E-state index in [-0.39, 0.29) is 0 Å². The van der Waals surface area contributed by atoms with Crippen LogP contribution < -0.4 is 10.6 Å². The number of hydrogen-bond donors (Lipinski definition) is 2. The van der Waals surface area contributed by atoms with Gasteiger partial charge in [-0.1, -0.05) is 24.8 Å². The highest BCUT2D eigenvalue weighted by atomic mass is 35.5. The number of hydrogen-bond acceptors (Lipinski definition) is 4. The van der Waals surface area contributed by atoms with Gasteiger partial charge in [0.15, 0.2) is 0 Å². The second-order valence-electron chi connectivity index (χ2n) is 5.49. The molecule has 1 aromatic heterocycles. The average molecular weight is 353 g/mol. The summed E-state index contributed by atoms with van der Waals surface area (Å²) in [6, 6.07) is 9.29. The first-order valence-electron chi connectivity index (χ1n) is 7.68. The molecule has 0 spiro atoms. The van der Waals surface area contributed by atoms with Gasteiger partial charge in [-0.2, -0.15) is 0 Å². The number of aliphatic imine (C=N–C) groups is 1. The zero-order valence-corrected chi connectivity index (χ0v) is 15.2. The molecule has 2 aromatic rings. The van der Waals surface area contributed by atoms with Gasteiger partial charge in [0.1, 0.15) is 0 Å². The van der Waals surface area contributed by atoms with E-state index in [0.29, 0.717) is 22.1 Å². The van der Waals surface area contributed by atoms with Crippen LogP contribution in [0.5, 0.6) is 0 Å². The minimum atomic E-state index is 0.622. The van der Waals surface area contributed by atoms with Crippen molar-refractivity contribution in [3.05, 3.63) is 77.7 Å². The molecule has 1 heterocycles. The fourth-order valence-electron chi connectivity index (χ4n) is 2.26. The lowest BCUT2D eigenvalue weighted by Gasteiger charge is -2.11. The van der Waals surface area contributed by atoms with Crippen molar-refractivity contribution in [1.82, 2.24) is 4.98 Å². The minimum Gasteiger partial charge on any atom is -0.388 e. The third-order valence-corrected chi connectivity index (χ3v) is 3.78. The highest BCUT2D eigenvalue weighted by Crippen LogP contribution is 2.26. The highest BCUT2D eigenvalue weighted by Gasteiger charge is 2.08. The van der Waals surface area contributed by atoms with E-state index in [9.17, 15) is 0 Å². The number of nitrogens with zero attached hydrogens (tertiary/aromatic N) is 2. The normalized spacial score (nSPS) is 10.9. The third-order valence-electron chi connectivity index (χ3n) is 3.53. The topological polar surface area (TPSA) is 49.3 Å². The Kier molecular flexibility index (Phi) is 6.14. The molecule has 5 heteroatoms. The van der Waals surface area contributed by atoms with Crippen LogP contribution in [-0.4, -0.2) is 18.7 Å². The highest BCUT2D eigenvalue weighted by molar-refractivity contribution is 6.30. The summed E-state index contributed by atoms with van der Waals surface area (Å²) in [6.07, 6.45) is 3.57. The summed E-state index contributed by atoms with van der Waals surface area (Å²) in [5, 5.41) is 7.02. The lowest BCUT2D eigenvalue weighted by molar-refractivity contribution is 1.23. The Morgan fingerprint density at radius 1 is 1.24 bits per heavy atom. The lowest BCUT2D eigenvalue weighted by Crippen LogP contribution is -1.99. The monoisotopic (exact) mass is 352 g/mol. The molecule has 2 N–H and O–H groups in total. The fourth-order valence-corrected chi connectivity index (χ4v) is 2.39. The van der Waals surface area contributed by atoms with Crippen LogP contribution in [0.2, 0.25) is 5.02 Å². The molecule has 0 amide bonds. The first kappa shape index (κ1) is 18.5. The van der Waals surface area contributed by atoms with Gasteiger partial charge < -0.3 is 10.6 Å². The Hall–Kier alpha value is -2.85. The quantitative estimate of drug-likeness (QED) is 0.512. The van der Waals surface area contributed by atoms with Crippen molar-refractivity contribution in [2.24, 2.45) is 4.99 Å². The zero-order valence-electron chi connectivity index (χ0n) is 14.4. The smallest absolute Gasteiger partial charge is 0.0907 e.